The smallest absolute Gasteiger partial charge is 0.260 e. The van der Waals surface area contributed by atoms with Crippen LogP contribution in [0.5, 0.6) is 0 Å². The molecule has 271 valence electrons. The average Bonchev–Trinajstić information content (AvgIpc) is 3.14. The van der Waals surface area contributed by atoms with Gasteiger partial charge in [0.05, 0.1) is 44.8 Å². The SMILES string of the molecule is C1COCCO1.C=C(/C=N\C(N)=C(/C)c1ccc(NC(=O)/C(C=NCc2ccccc2)=C\O)cc1)/C(C=NC)=C/N.CC.CC(=N)[NH-].CN.[Y]. The third-order valence-corrected chi connectivity index (χ3v) is 5.63. The molecule has 50 heavy (non-hydrogen) atoms. The Morgan fingerprint density at radius 2 is 1.50 bits per heavy atom. The maximum atomic E-state index is 12.5. The molecule has 3 rings (SSSR count). The van der Waals surface area contributed by atoms with E-state index in [2.05, 4.69) is 32.6 Å². The number of benzene rings is 2. The van der Waals surface area contributed by atoms with Crippen molar-refractivity contribution in [3.8, 4) is 0 Å². The molecule has 2 aromatic rings. The number of amides is 1. The fourth-order valence-corrected chi connectivity index (χ4v) is 3.27. The molecular formula is C36H54N9O4Y-. The number of rotatable bonds is 10. The number of anilines is 1. The van der Waals surface area contributed by atoms with Crippen LogP contribution in [0, 0.1) is 5.41 Å². The number of hydrogen-bond acceptors (Lipinski definition) is 11. The quantitative estimate of drug-likeness (QED) is 0.0570. The van der Waals surface area contributed by atoms with Gasteiger partial charge in [-0.1, -0.05) is 68.7 Å². The number of nitrogens with two attached hydrogens (primary N) is 3. The summed E-state index contributed by atoms with van der Waals surface area (Å²) < 4.78 is 9.89. The summed E-state index contributed by atoms with van der Waals surface area (Å²) in [6.45, 7) is 14.7. The van der Waals surface area contributed by atoms with Crippen molar-refractivity contribution < 1.29 is 52.1 Å². The Labute approximate surface area is 322 Å². The van der Waals surface area contributed by atoms with E-state index in [1.807, 2.05) is 63.2 Å². The summed E-state index contributed by atoms with van der Waals surface area (Å²) in [6, 6.07) is 16.7. The molecule has 0 atom stereocenters. The topological polar surface area (TPSA) is 231 Å². The Morgan fingerprint density at radius 1 is 0.980 bits per heavy atom. The number of allylic oxidation sites excluding steroid dienone is 3. The van der Waals surface area contributed by atoms with Crippen LogP contribution in [0.4, 0.5) is 5.69 Å². The summed E-state index contributed by atoms with van der Waals surface area (Å²) in [5.41, 5.74) is 26.7. The van der Waals surface area contributed by atoms with Gasteiger partial charge in [-0.3, -0.25) is 14.8 Å². The predicted octanol–water partition coefficient (Wildman–Crippen LogP) is 5.82. The molecule has 0 unspecified atom stereocenters. The van der Waals surface area contributed by atoms with Gasteiger partial charge in [0.15, 0.2) is 0 Å². The third-order valence-electron chi connectivity index (χ3n) is 5.63. The van der Waals surface area contributed by atoms with E-state index >= 15 is 0 Å². The van der Waals surface area contributed by atoms with Gasteiger partial charge in [0.2, 0.25) is 0 Å². The van der Waals surface area contributed by atoms with Crippen LogP contribution in [0.25, 0.3) is 11.3 Å². The van der Waals surface area contributed by atoms with Crippen molar-refractivity contribution in [1.82, 2.24) is 0 Å². The molecule has 2 aromatic carbocycles. The van der Waals surface area contributed by atoms with Gasteiger partial charge in [0, 0.05) is 75.9 Å². The van der Waals surface area contributed by atoms with Crippen molar-refractivity contribution in [3.05, 3.63) is 113 Å². The minimum Gasteiger partial charge on any atom is -0.515 e. The first-order valence-electron chi connectivity index (χ1n) is 15.5. The van der Waals surface area contributed by atoms with E-state index in [9.17, 15) is 9.90 Å². The molecule has 0 spiro atoms. The van der Waals surface area contributed by atoms with Crippen LogP contribution in [-0.4, -0.2) is 76.0 Å². The van der Waals surface area contributed by atoms with Crippen molar-refractivity contribution in [2.75, 3.05) is 45.8 Å². The molecule has 10 N–H and O–H groups in total. The number of ether oxygens (including phenoxy) is 2. The van der Waals surface area contributed by atoms with Crippen LogP contribution >= 0.6 is 0 Å². The fraction of sp³-hybridized carbons (Fsp3) is 0.306. The van der Waals surface area contributed by atoms with Crippen LogP contribution in [0.3, 0.4) is 0 Å². The molecule has 14 heteroatoms. The first-order valence-corrected chi connectivity index (χ1v) is 15.5. The molecule has 1 heterocycles. The third kappa shape index (κ3) is 24.0. The molecule has 1 saturated heterocycles. The number of aliphatic hydroxyl groups excluding tert-OH is 1. The summed E-state index contributed by atoms with van der Waals surface area (Å²) >= 11 is 0. The second-order valence-corrected chi connectivity index (χ2v) is 9.22. The Hall–Kier alpha value is -4.27. The van der Waals surface area contributed by atoms with Gasteiger partial charge in [0.1, 0.15) is 5.82 Å². The van der Waals surface area contributed by atoms with Crippen LogP contribution in [0.2, 0.25) is 0 Å². The number of amidine groups is 1. The number of hydrogen-bond donors (Lipinski definition) is 6. The zero-order chi connectivity index (χ0) is 37.5. The molecule has 0 saturated carbocycles. The van der Waals surface area contributed by atoms with Gasteiger partial charge >= 0.3 is 0 Å². The van der Waals surface area contributed by atoms with Gasteiger partial charge in [-0.15, -0.1) is 0 Å². The molecule has 13 nitrogen and oxygen atoms in total. The van der Waals surface area contributed by atoms with Gasteiger partial charge < -0.3 is 48.2 Å². The first-order chi connectivity index (χ1) is 23.6. The van der Waals surface area contributed by atoms with Crippen molar-refractivity contribution in [2.24, 2.45) is 32.2 Å². The predicted molar refractivity (Wildman–Crippen MR) is 206 cm³/mol. The minimum atomic E-state index is -0.480. The van der Waals surface area contributed by atoms with Crippen LogP contribution in [0.1, 0.15) is 38.8 Å². The Bertz CT molecular complexity index is 1400. The van der Waals surface area contributed by atoms with E-state index in [1.165, 1.54) is 32.6 Å². The molecule has 1 aliphatic rings. The summed E-state index contributed by atoms with van der Waals surface area (Å²) in [6.07, 6.45) is 6.58. The van der Waals surface area contributed by atoms with Gasteiger partial charge in [-0.05, 0) is 55.3 Å². The minimum absolute atomic E-state index is 0. The molecule has 0 aliphatic carbocycles. The van der Waals surface area contributed by atoms with Crippen molar-refractivity contribution in [1.29, 1.82) is 5.41 Å². The molecule has 1 fully saturated rings. The number of aliphatic imine (C=N–C) groups is 3. The summed E-state index contributed by atoms with van der Waals surface area (Å²) in [5, 5.41) is 18.3. The molecule has 1 amide bonds. The van der Waals surface area contributed by atoms with E-state index in [-0.39, 0.29) is 44.1 Å². The summed E-state index contributed by atoms with van der Waals surface area (Å²) in [5.74, 6) is -0.251. The summed E-state index contributed by atoms with van der Waals surface area (Å²) in [7, 11) is 3.14. The maximum absolute atomic E-state index is 12.5. The van der Waals surface area contributed by atoms with Crippen molar-refractivity contribution in [3.63, 3.8) is 0 Å². The average molecular weight is 766 g/mol. The van der Waals surface area contributed by atoms with E-state index in [0.29, 0.717) is 29.2 Å². The molecule has 1 radical (unpaired) electrons. The van der Waals surface area contributed by atoms with Gasteiger partial charge in [0.25, 0.3) is 5.91 Å². The maximum Gasteiger partial charge on any atom is 0.260 e. The Morgan fingerprint density at radius 3 is 1.94 bits per heavy atom. The second-order valence-electron chi connectivity index (χ2n) is 9.22. The number of carbonyl (C=O) groups excluding carboxylic acids is 1. The number of nitrogens with one attached hydrogen (secondary N) is 3. The zero-order valence-electron chi connectivity index (χ0n) is 30.1. The Balaban J connectivity index is -0.00000124. The van der Waals surface area contributed by atoms with Crippen LogP contribution < -0.4 is 22.5 Å². The van der Waals surface area contributed by atoms with Gasteiger partial charge in [-0.2, -0.15) is 0 Å². The van der Waals surface area contributed by atoms with Crippen LogP contribution in [-0.2, 0) is 53.5 Å². The van der Waals surface area contributed by atoms with E-state index < -0.39 is 5.91 Å². The van der Waals surface area contributed by atoms with Crippen molar-refractivity contribution in [2.45, 2.75) is 34.2 Å². The molecular weight excluding hydrogens is 711 g/mol. The summed E-state index contributed by atoms with van der Waals surface area (Å²) in [4.78, 5) is 24.9. The zero-order valence-corrected chi connectivity index (χ0v) is 33.0. The van der Waals surface area contributed by atoms with E-state index in [4.69, 9.17) is 32.1 Å². The van der Waals surface area contributed by atoms with E-state index in [1.54, 1.807) is 25.4 Å². The van der Waals surface area contributed by atoms with Crippen LogP contribution in [0.15, 0.2) is 111 Å². The number of aliphatic hydroxyl groups is 1. The normalized spacial score (nSPS) is 13.0. The monoisotopic (exact) mass is 765 g/mol. The number of nitrogens with zero attached hydrogens (tertiary/aromatic N) is 3. The molecule has 1 aliphatic heterocycles. The van der Waals surface area contributed by atoms with E-state index in [0.717, 1.165) is 49.4 Å². The number of carbonyl (C=O) groups is 1. The second kappa shape index (κ2) is 33.2. The standard InChI is InChI=1S/C27H30N6O2.C4H8O2.C2H5N2.C2H6.CH5N.Y/c1-19(23(13-28)16-30-3)14-32-26(29)20(2)22-9-11-25(12-10-22)33-27(35)24(18-34)17-31-15-21-7-5-4-6-8-21;1-2-6-4-3-5-1;1-2(3)4;2*1-2;/h4-14,16-18,34H,1,15,28-29H2,2-3H3,(H,33,35);1-4H2;1H3,(H2-,3,4);1-2H3;2H2,1H3;/q;;-1;;;/b23-13+,24-18-,26-20+,30-16?,31-17?,32-14-;;;;;. The molecule has 0 aromatic heterocycles. The molecule has 0 bridgehead atoms. The first kappa shape index (κ1) is 50.1. The van der Waals surface area contributed by atoms with Gasteiger partial charge in [-0.25, -0.2) is 4.99 Å². The largest absolute Gasteiger partial charge is 0.515 e. The Kier molecular flexibility index (Phi) is 33.3. The van der Waals surface area contributed by atoms with Crippen molar-refractivity contribution >= 4 is 41.6 Å². The fourth-order valence-electron chi connectivity index (χ4n) is 3.27.